The molecule has 38 heavy (non-hydrogen) atoms. The summed E-state index contributed by atoms with van der Waals surface area (Å²) in [6.45, 7) is 4.69. The average Bonchev–Trinajstić information content (AvgIpc) is 3.24. The summed E-state index contributed by atoms with van der Waals surface area (Å²) in [5.41, 5.74) is 2.26. The van der Waals surface area contributed by atoms with E-state index in [0.717, 1.165) is 0 Å². The van der Waals surface area contributed by atoms with Crippen LogP contribution in [0.25, 0.3) is 10.9 Å². The van der Waals surface area contributed by atoms with E-state index in [2.05, 4.69) is 10.6 Å². The summed E-state index contributed by atoms with van der Waals surface area (Å²) in [6.07, 6.45) is 4.88. The average molecular weight is 540 g/mol. The molecule has 2 amide bonds. The van der Waals surface area contributed by atoms with Crippen molar-refractivity contribution in [2.75, 3.05) is 13.6 Å². The quantitative estimate of drug-likeness (QED) is 0.249. The molecule has 0 saturated heterocycles. The van der Waals surface area contributed by atoms with Crippen molar-refractivity contribution in [3.8, 4) is 0 Å². The Labute approximate surface area is 226 Å². The number of nitrogens with zero attached hydrogens (tertiary/aromatic N) is 2. The first-order chi connectivity index (χ1) is 18.0. The molecule has 3 rings (SSSR count). The van der Waals surface area contributed by atoms with Crippen molar-refractivity contribution < 1.29 is 18.8 Å². The number of nitrogens with one attached hydrogen (secondary N) is 3. The minimum Gasteiger partial charge on any atom is -0.394 e. The number of carbonyl (C=O) groups excluding carboxylic acids is 3. The highest BCUT2D eigenvalue weighted by atomic mass is 35.5. The summed E-state index contributed by atoms with van der Waals surface area (Å²) >= 11 is 5.80. The van der Waals surface area contributed by atoms with Crippen LogP contribution in [-0.4, -0.2) is 52.4 Å². The topological polar surface area (TPSA) is 107 Å². The first-order valence-corrected chi connectivity index (χ1v) is 12.5. The van der Waals surface area contributed by atoms with Crippen molar-refractivity contribution in [2.24, 2.45) is 0 Å². The van der Waals surface area contributed by atoms with Gasteiger partial charge in [0.1, 0.15) is 12.4 Å². The Hall–Kier alpha value is -3.98. The Morgan fingerprint density at radius 1 is 1.21 bits per heavy atom. The third kappa shape index (κ3) is 6.66. The lowest BCUT2D eigenvalue weighted by molar-refractivity contribution is -0.138. The smallest absolute Gasteiger partial charge is 0.243 e. The molecule has 8 nitrogen and oxygen atoms in total. The van der Waals surface area contributed by atoms with Gasteiger partial charge in [0, 0.05) is 53.4 Å². The molecular weight excluding hydrogens is 509 g/mol. The fourth-order valence-electron chi connectivity index (χ4n) is 4.02. The molecule has 3 aromatic rings. The molecule has 0 atom stereocenters. The number of hydrogen-bond acceptors (Lipinski definition) is 5. The lowest BCUT2D eigenvalue weighted by Gasteiger charge is -2.26. The first kappa shape index (κ1) is 28.6. The normalized spacial score (nSPS) is 11.2. The van der Waals surface area contributed by atoms with Gasteiger partial charge in [0.05, 0.1) is 17.3 Å². The standard InChI is InChI=1S/C28H31ClFN5O3/c1-17(2)35(15-26(37)33-13-20-6-5-7-23(29)28(20)30)27(38)16-34-14-22(18(3)36)21-12-19(8-9-25(21)34)24(31)10-11-32-4/h5-12,14,17,31-32H,13,15-16H2,1-4H3,(H,33,37)/b11-10-,31-24?. The molecule has 0 bridgehead atoms. The van der Waals surface area contributed by atoms with Crippen LogP contribution in [0.5, 0.6) is 0 Å². The second kappa shape index (κ2) is 12.5. The minimum atomic E-state index is -0.594. The number of fused-ring (bicyclic) bond motifs is 1. The summed E-state index contributed by atoms with van der Waals surface area (Å²) in [5, 5.41) is 14.3. The highest BCUT2D eigenvalue weighted by Gasteiger charge is 2.22. The van der Waals surface area contributed by atoms with E-state index in [9.17, 15) is 18.8 Å². The van der Waals surface area contributed by atoms with Gasteiger partial charge >= 0.3 is 0 Å². The Bertz CT molecular complexity index is 1410. The summed E-state index contributed by atoms with van der Waals surface area (Å²) in [6, 6.07) is 9.57. The van der Waals surface area contributed by atoms with Crippen LogP contribution in [0.1, 0.15) is 42.3 Å². The van der Waals surface area contributed by atoms with Gasteiger partial charge in [-0.15, -0.1) is 0 Å². The third-order valence-corrected chi connectivity index (χ3v) is 6.35. The van der Waals surface area contributed by atoms with Crippen LogP contribution in [0.4, 0.5) is 4.39 Å². The number of rotatable bonds is 11. The van der Waals surface area contributed by atoms with E-state index in [4.69, 9.17) is 17.0 Å². The van der Waals surface area contributed by atoms with E-state index in [1.165, 1.54) is 24.0 Å². The second-order valence-electron chi connectivity index (χ2n) is 9.10. The van der Waals surface area contributed by atoms with Crippen LogP contribution < -0.4 is 10.6 Å². The van der Waals surface area contributed by atoms with Crippen LogP contribution in [0.3, 0.4) is 0 Å². The number of halogens is 2. The SMILES string of the molecule is CN/C=C\C(=N)c1ccc2c(c1)c(C(C)=O)cn2CC(=O)N(CC(=O)NCc1cccc(Cl)c1F)C(C)C. The van der Waals surface area contributed by atoms with Crippen molar-refractivity contribution in [1.29, 1.82) is 5.41 Å². The van der Waals surface area contributed by atoms with Crippen LogP contribution in [0.15, 0.2) is 54.9 Å². The molecule has 1 heterocycles. The van der Waals surface area contributed by atoms with Gasteiger partial charge in [0.25, 0.3) is 0 Å². The van der Waals surface area contributed by atoms with Crippen molar-refractivity contribution in [3.63, 3.8) is 0 Å². The Morgan fingerprint density at radius 2 is 1.95 bits per heavy atom. The second-order valence-corrected chi connectivity index (χ2v) is 9.51. The van der Waals surface area contributed by atoms with Crippen LogP contribution >= 0.6 is 11.6 Å². The molecule has 10 heteroatoms. The van der Waals surface area contributed by atoms with Crippen molar-refractivity contribution in [3.05, 3.63) is 82.4 Å². The van der Waals surface area contributed by atoms with Gasteiger partial charge in [-0.2, -0.15) is 0 Å². The molecule has 0 unspecified atom stereocenters. The monoisotopic (exact) mass is 539 g/mol. The molecule has 3 N–H and O–H groups in total. The highest BCUT2D eigenvalue weighted by molar-refractivity contribution is 6.30. The Morgan fingerprint density at radius 3 is 2.61 bits per heavy atom. The maximum atomic E-state index is 14.1. The van der Waals surface area contributed by atoms with Gasteiger partial charge in [-0.3, -0.25) is 14.4 Å². The molecule has 0 spiro atoms. The maximum absolute atomic E-state index is 14.1. The number of aromatic nitrogens is 1. The molecule has 1 aromatic heterocycles. The minimum absolute atomic E-state index is 0.0296. The fraction of sp³-hybridized carbons (Fsp3) is 0.286. The number of Topliss-reactive ketones (excluding diaryl/α,β-unsaturated/α-hetero) is 1. The number of carbonyl (C=O) groups is 3. The van der Waals surface area contributed by atoms with Crippen molar-refractivity contribution in [2.45, 2.75) is 39.9 Å². The number of benzene rings is 2. The van der Waals surface area contributed by atoms with Crippen LogP contribution in [0.2, 0.25) is 5.02 Å². The van der Waals surface area contributed by atoms with Gasteiger partial charge in [-0.25, -0.2) is 4.39 Å². The number of ketones is 1. The molecule has 2 aromatic carbocycles. The van der Waals surface area contributed by atoms with Crippen molar-refractivity contribution in [1.82, 2.24) is 20.1 Å². The lowest BCUT2D eigenvalue weighted by Crippen LogP contribution is -2.45. The van der Waals surface area contributed by atoms with Gasteiger partial charge in [0.15, 0.2) is 5.78 Å². The summed E-state index contributed by atoms with van der Waals surface area (Å²) in [7, 11) is 1.74. The molecule has 0 radical (unpaired) electrons. The zero-order valence-corrected chi connectivity index (χ0v) is 22.5. The number of amides is 2. The van der Waals surface area contributed by atoms with Gasteiger partial charge in [0.2, 0.25) is 11.8 Å². The van der Waals surface area contributed by atoms with E-state index in [1.807, 2.05) is 0 Å². The van der Waals surface area contributed by atoms with E-state index >= 15 is 0 Å². The molecule has 200 valence electrons. The first-order valence-electron chi connectivity index (χ1n) is 12.1. The summed E-state index contributed by atoms with van der Waals surface area (Å²) in [4.78, 5) is 39.7. The zero-order chi connectivity index (χ0) is 28.0. The maximum Gasteiger partial charge on any atom is 0.243 e. The zero-order valence-electron chi connectivity index (χ0n) is 21.8. The molecule has 0 saturated carbocycles. The Balaban J connectivity index is 1.79. The van der Waals surface area contributed by atoms with Gasteiger partial charge in [-0.1, -0.05) is 29.8 Å². The highest BCUT2D eigenvalue weighted by Crippen LogP contribution is 2.24. The third-order valence-electron chi connectivity index (χ3n) is 6.06. The van der Waals surface area contributed by atoms with E-state index < -0.39 is 11.7 Å². The number of hydrogen-bond donors (Lipinski definition) is 3. The van der Waals surface area contributed by atoms with E-state index in [-0.39, 0.29) is 53.7 Å². The largest absolute Gasteiger partial charge is 0.394 e. The molecule has 0 aliphatic rings. The lowest BCUT2D eigenvalue weighted by atomic mass is 10.0. The van der Waals surface area contributed by atoms with E-state index in [0.29, 0.717) is 22.0 Å². The van der Waals surface area contributed by atoms with E-state index in [1.54, 1.807) is 68.2 Å². The summed E-state index contributed by atoms with van der Waals surface area (Å²) < 4.78 is 15.8. The molecule has 0 aliphatic heterocycles. The van der Waals surface area contributed by atoms with Crippen LogP contribution in [0, 0.1) is 11.2 Å². The molecule has 0 aliphatic carbocycles. The van der Waals surface area contributed by atoms with Gasteiger partial charge in [-0.05, 0) is 51.2 Å². The Kier molecular flexibility index (Phi) is 9.41. The van der Waals surface area contributed by atoms with Gasteiger partial charge < -0.3 is 25.5 Å². The predicted molar refractivity (Wildman–Crippen MR) is 147 cm³/mol. The number of allylic oxidation sites excluding steroid dienone is 1. The molecule has 0 fully saturated rings. The summed E-state index contributed by atoms with van der Waals surface area (Å²) in [5.74, 6) is -1.51. The van der Waals surface area contributed by atoms with Crippen molar-refractivity contribution >= 4 is 45.8 Å². The fourth-order valence-corrected chi connectivity index (χ4v) is 4.22. The van der Waals surface area contributed by atoms with Crippen LogP contribution in [-0.2, 0) is 22.7 Å². The predicted octanol–water partition coefficient (Wildman–Crippen LogP) is 4.29. The molecular formula is C28H31ClFN5O3.